The molecule has 0 saturated carbocycles. The lowest BCUT2D eigenvalue weighted by molar-refractivity contribution is -0.111. The van der Waals surface area contributed by atoms with Crippen LogP contribution >= 0.6 is 11.3 Å². The van der Waals surface area contributed by atoms with Crippen LogP contribution in [0.3, 0.4) is 0 Å². The van der Waals surface area contributed by atoms with Crippen LogP contribution in [0.15, 0.2) is 12.1 Å². The van der Waals surface area contributed by atoms with E-state index in [9.17, 15) is 15.0 Å². The summed E-state index contributed by atoms with van der Waals surface area (Å²) in [5, 5.41) is 20.7. The largest absolute Gasteiger partial charge is 0.444 e. The van der Waals surface area contributed by atoms with Crippen molar-refractivity contribution in [3.05, 3.63) is 21.9 Å². The van der Waals surface area contributed by atoms with Gasteiger partial charge in [-0.25, -0.2) is 4.79 Å². The van der Waals surface area contributed by atoms with Crippen LogP contribution in [0.4, 0.5) is 4.79 Å². The van der Waals surface area contributed by atoms with Gasteiger partial charge in [0.2, 0.25) is 0 Å². The highest BCUT2D eigenvalue weighted by Crippen LogP contribution is 2.34. The molecule has 5 nitrogen and oxygen atoms in total. The van der Waals surface area contributed by atoms with Gasteiger partial charge in [-0.3, -0.25) is 4.90 Å². The number of aliphatic hydroxyl groups excluding tert-OH is 1. The molecule has 1 unspecified atom stereocenters. The Bertz CT molecular complexity index is 713. The average Bonchev–Trinajstić information content (AvgIpc) is 3.17. The molecule has 0 aliphatic heterocycles. The van der Waals surface area contributed by atoms with E-state index in [1.807, 2.05) is 6.07 Å². The average molecular weight is 452 g/mol. The van der Waals surface area contributed by atoms with Crippen molar-refractivity contribution in [2.24, 2.45) is 0 Å². The van der Waals surface area contributed by atoms with Gasteiger partial charge in [0, 0.05) is 26.5 Å². The van der Waals surface area contributed by atoms with Gasteiger partial charge in [0.25, 0.3) is 0 Å². The number of hydrogen-bond acceptors (Lipinski definition) is 5. The van der Waals surface area contributed by atoms with Crippen LogP contribution in [0.1, 0.15) is 102 Å². The summed E-state index contributed by atoms with van der Waals surface area (Å²) in [6, 6.07) is 3.62. The number of carbonyl (C=O) groups is 1. The third-order valence-electron chi connectivity index (χ3n) is 5.05. The minimum atomic E-state index is -1.64. The number of aliphatic hydroxyl groups is 2. The lowest BCUT2D eigenvalue weighted by atomic mass is 10.1. The van der Waals surface area contributed by atoms with Crippen molar-refractivity contribution in [1.82, 2.24) is 4.90 Å². The molecule has 0 aromatic carbocycles. The van der Waals surface area contributed by atoms with E-state index in [0.717, 1.165) is 22.6 Å². The van der Waals surface area contributed by atoms with Crippen molar-refractivity contribution in [2.75, 3.05) is 13.7 Å². The first-order chi connectivity index (χ1) is 14.6. The smallest absolute Gasteiger partial charge is 0.412 e. The van der Waals surface area contributed by atoms with Gasteiger partial charge in [-0.05, 0) is 39.3 Å². The molecule has 1 rings (SSSR count). The molecule has 0 aliphatic rings. The zero-order valence-electron chi connectivity index (χ0n) is 20.0. The van der Waals surface area contributed by atoms with Crippen molar-refractivity contribution < 1.29 is 19.7 Å². The third kappa shape index (κ3) is 10.1. The molecule has 176 valence electrons. The Morgan fingerprint density at radius 1 is 1.10 bits per heavy atom. The molecular formula is C25H41NO4S. The minimum Gasteiger partial charge on any atom is -0.444 e. The molecule has 0 spiro atoms. The van der Waals surface area contributed by atoms with Crippen LogP contribution < -0.4 is 0 Å². The summed E-state index contributed by atoms with van der Waals surface area (Å²) in [4.78, 5) is 15.0. The van der Waals surface area contributed by atoms with E-state index in [-0.39, 0.29) is 13.0 Å². The van der Waals surface area contributed by atoms with E-state index in [1.165, 1.54) is 63.3 Å². The number of carbonyl (C=O) groups excluding carboxylic acids is 1. The minimum absolute atomic E-state index is 0.00557. The maximum absolute atomic E-state index is 12.5. The van der Waals surface area contributed by atoms with Crippen LogP contribution in [-0.4, -0.2) is 40.5 Å². The molecule has 1 aromatic heterocycles. The molecular weight excluding hydrogens is 410 g/mol. The van der Waals surface area contributed by atoms with Crippen LogP contribution in [0.5, 0.6) is 0 Å². The first-order valence-corrected chi connectivity index (χ1v) is 12.3. The Kier molecular flexibility index (Phi) is 12.2. The summed E-state index contributed by atoms with van der Waals surface area (Å²) in [6.45, 7) is 7.29. The fraction of sp³-hybridized carbons (Fsp3) is 0.720. The normalized spacial score (nSPS) is 13.3. The number of nitrogens with zero attached hydrogens (tertiary/aromatic N) is 1. The quantitative estimate of drug-likeness (QED) is 0.231. The molecule has 6 heteroatoms. The lowest BCUT2D eigenvalue weighted by Crippen LogP contribution is -2.49. The fourth-order valence-corrected chi connectivity index (χ4v) is 4.25. The molecule has 0 aliphatic carbocycles. The summed E-state index contributed by atoms with van der Waals surface area (Å²) in [5.41, 5.74) is -2.31. The van der Waals surface area contributed by atoms with Gasteiger partial charge >= 0.3 is 6.09 Å². The Morgan fingerprint density at radius 2 is 1.71 bits per heavy atom. The highest BCUT2D eigenvalue weighted by Gasteiger charge is 2.40. The highest BCUT2D eigenvalue weighted by atomic mass is 32.1. The first kappa shape index (κ1) is 27.5. The maximum atomic E-state index is 12.5. The van der Waals surface area contributed by atoms with Crippen molar-refractivity contribution in [2.45, 2.75) is 103 Å². The lowest BCUT2D eigenvalue weighted by Gasteiger charge is -2.37. The van der Waals surface area contributed by atoms with E-state index >= 15 is 0 Å². The topological polar surface area (TPSA) is 70.0 Å². The molecule has 2 N–H and O–H groups in total. The molecule has 1 aromatic rings. The molecule has 0 fully saturated rings. The van der Waals surface area contributed by atoms with Crippen molar-refractivity contribution in [3.8, 4) is 11.8 Å². The number of amides is 1. The van der Waals surface area contributed by atoms with E-state index in [4.69, 9.17) is 4.74 Å². The zero-order valence-corrected chi connectivity index (χ0v) is 20.8. The van der Waals surface area contributed by atoms with E-state index < -0.39 is 17.4 Å². The van der Waals surface area contributed by atoms with Crippen LogP contribution in [0.2, 0.25) is 0 Å². The zero-order chi connectivity index (χ0) is 23.3. The van der Waals surface area contributed by atoms with Crippen LogP contribution in [0.25, 0.3) is 0 Å². The molecule has 0 bridgehead atoms. The van der Waals surface area contributed by atoms with Gasteiger partial charge in [-0.15, -0.1) is 11.3 Å². The predicted molar refractivity (Wildman–Crippen MR) is 128 cm³/mol. The fourth-order valence-electron chi connectivity index (χ4n) is 3.21. The molecule has 0 radical (unpaired) electrons. The van der Waals surface area contributed by atoms with Gasteiger partial charge in [-0.1, -0.05) is 63.7 Å². The molecule has 1 heterocycles. The molecule has 31 heavy (non-hydrogen) atoms. The Morgan fingerprint density at radius 3 is 2.29 bits per heavy atom. The van der Waals surface area contributed by atoms with Gasteiger partial charge in [0.1, 0.15) is 5.60 Å². The highest BCUT2D eigenvalue weighted by molar-refractivity contribution is 7.12. The summed E-state index contributed by atoms with van der Waals surface area (Å²) in [7, 11) is 1.48. The van der Waals surface area contributed by atoms with Crippen molar-refractivity contribution in [3.63, 3.8) is 0 Å². The van der Waals surface area contributed by atoms with Crippen LogP contribution in [0, 0.1) is 11.8 Å². The second-order valence-electron chi connectivity index (χ2n) is 9.02. The monoisotopic (exact) mass is 451 g/mol. The number of thiophene rings is 1. The summed E-state index contributed by atoms with van der Waals surface area (Å²) >= 11 is 1.34. The van der Waals surface area contributed by atoms with E-state index in [0.29, 0.717) is 4.88 Å². The Hall–Kier alpha value is -1.55. The number of rotatable bonds is 12. The van der Waals surface area contributed by atoms with Crippen molar-refractivity contribution in [1.29, 1.82) is 0 Å². The first-order valence-electron chi connectivity index (χ1n) is 11.5. The molecule has 1 atom stereocenters. The van der Waals surface area contributed by atoms with Crippen molar-refractivity contribution >= 4 is 17.4 Å². The summed E-state index contributed by atoms with van der Waals surface area (Å²) in [5.74, 6) is 6.38. The Labute approximate surface area is 192 Å². The summed E-state index contributed by atoms with van der Waals surface area (Å²) < 4.78 is 5.38. The summed E-state index contributed by atoms with van der Waals surface area (Å²) in [6.07, 6.45) is 10.4. The van der Waals surface area contributed by atoms with Gasteiger partial charge in [-0.2, -0.15) is 0 Å². The Balaban J connectivity index is 2.63. The van der Waals surface area contributed by atoms with Gasteiger partial charge in [0.05, 0.1) is 9.75 Å². The number of unbranched alkanes of at least 4 members (excludes halogenated alkanes) is 8. The predicted octanol–water partition coefficient (Wildman–Crippen LogP) is 6.02. The molecule has 1 amide bonds. The van der Waals surface area contributed by atoms with Gasteiger partial charge in [0.15, 0.2) is 5.72 Å². The second kappa shape index (κ2) is 13.8. The van der Waals surface area contributed by atoms with Crippen LogP contribution in [-0.2, 0) is 10.5 Å². The number of ether oxygens (including phenoxy) is 1. The van der Waals surface area contributed by atoms with E-state index in [1.54, 1.807) is 26.8 Å². The second-order valence-corrected chi connectivity index (χ2v) is 10.1. The molecule has 0 saturated heterocycles. The van der Waals surface area contributed by atoms with Gasteiger partial charge < -0.3 is 14.9 Å². The maximum Gasteiger partial charge on any atom is 0.412 e. The third-order valence-corrected chi connectivity index (χ3v) is 6.19. The van der Waals surface area contributed by atoms with E-state index in [2.05, 4.69) is 18.8 Å². The standard InChI is InChI=1S/C25H41NO4S/c1-6-7-8-9-10-11-12-13-14-15-16-21-17-18-22(31-21)25(29,19-20-27)26(5)23(28)30-24(2,3)4/h17-18,27,29H,6-14,19-20H2,1-5H3. The SMILES string of the molecule is CCCCCCCCCCC#Cc1ccc(C(O)(CCO)N(C)C(=O)OC(C)(C)C)s1. The number of hydrogen-bond donors (Lipinski definition) is 2.